The van der Waals surface area contributed by atoms with Gasteiger partial charge in [0.1, 0.15) is 5.75 Å². The Hall–Kier alpha value is -2.27. The molecule has 0 unspecified atom stereocenters. The molecule has 0 aliphatic carbocycles. The predicted molar refractivity (Wildman–Crippen MR) is 139 cm³/mol. The highest BCUT2D eigenvalue weighted by Gasteiger charge is 2.07. The van der Waals surface area contributed by atoms with Gasteiger partial charge >= 0.3 is 5.97 Å². The number of carbonyl (C=O) groups is 1. The fraction of sp³-hybridized carbons (Fsp3) is 0.607. The zero-order valence-electron chi connectivity index (χ0n) is 21.4. The van der Waals surface area contributed by atoms with Crippen LogP contribution in [0.25, 0.3) is 0 Å². The van der Waals surface area contributed by atoms with Crippen LogP contribution in [0.2, 0.25) is 0 Å². The highest BCUT2D eigenvalue weighted by Crippen LogP contribution is 2.21. The summed E-state index contributed by atoms with van der Waals surface area (Å²) >= 11 is 0. The molecule has 0 bridgehead atoms. The smallest absolute Gasteiger partial charge is 0.303 e. The number of rotatable bonds is 19. The second-order valence-electron chi connectivity index (χ2n) is 8.57. The Morgan fingerprint density at radius 3 is 2.42 bits per heavy atom. The first-order valence-electron chi connectivity index (χ1n) is 12.7. The van der Waals surface area contributed by atoms with Gasteiger partial charge in [0.2, 0.25) is 0 Å². The van der Waals surface area contributed by atoms with Gasteiger partial charge in [-0.15, -0.1) is 0 Å². The molecule has 0 atom stereocenters. The minimum Gasteiger partial charge on any atom is -0.493 e. The molecule has 0 fully saturated rings. The van der Waals surface area contributed by atoms with Crippen molar-refractivity contribution in [2.45, 2.75) is 72.1 Å². The quantitative estimate of drug-likeness (QED) is 0.199. The van der Waals surface area contributed by atoms with E-state index in [4.69, 9.17) is 9.84 Å². The molecule has 1 aromatic rings. The fourth-order valence-electron chi connectivity index (χ4n) is 3.92. The molecular formula is C28H46N2O3. The van der Waals surface area contributed by atoms with Crippen LogP contribution in [0.3, 0.4) is 0 Å². The van der Waals surface area contributed by atoms with E-state index in [1.807, 2.05) is 6.07 Å². The molecule has 1 N–H and O–H groups in total. The molecule has 0 aliphatic rings. The maximum absolute atomic E-state index is 10.6. The summed E-state index contributed by atoms with van der Waals surface area (Å²) in [4.78, 5) is 15.4. The van der Waals surface area contributed by atoms with Crippen molar-refractivity contribution in [3.8, 4) is 5.75 Å². The lowest BCUT2D eigenvalue weighted by molar-refractivity contribution is -0.137. The highest BCUT2D eigenvalue weighted by molar-refractivity contribution is 5.66. The van der Waals surface area contributed by atoms with Crippen LogP contribution < -0.4 is 4.74 Å². The van der Waals surface area contributed by atoms with E-state index in [2.05, 4.69) is 74.0 Å². The number of ether oxygens (including phenoxy) is 1. The van der Waals surface area contributed by atoms with Crippen LogP contribution in [0.1, 0.15) is 71.3 Å². The lowest BCUT2D eigenvalue weighted by Crippen LogP contribution is -2.33. The molecule has 0 heterocycles. The minimum absolute atomic E-state index is 0.287. The number of unbranched alkanes of at least 4 members (excludes halogenated alkanes) is 4. The van der Waals surface area contributed by atoms with Gasteiger partial charge in [0, 0.05) is 38.3 Å². The molecule has 5 nitrogen and oxygen atoms in total. The van der Waals surface area contributed by atoms with Gasteiger partial charge in [-0.2, -0.15) is 0 Å². The predicted octanol–water partition coefficient (Wildman–Crippen LogP) is 6.16. The summed E-state index contributed by atoms with van der Waals surface area (Å²) < 4.78 is 6.12. The van der Waals surface area contributed by atoms with Crippen molar-refractivity contribution in [3.63, 3.8) is 0 Å². The monoisotopic (exact) mass is 458 g/mol. The number of allylic oxidation sites excluding steroid dienone is 3. The second-order valence-corrected chi connectivity index (χ2v) is 8.57. The van der Waals surface area contributed by atoms with E-state index >= 15 is 0 Å². The van der Waals surface area contributed by atoms with Crippen LogP contribution >= 0.6 is 0 Å². The number of para-hydroxylation sites is 1. The van der Waals surface area contributed by atoms with E-state index < -0.39 is 5.97 Å². The number of aliphatic carboxylic acids is 1. The number of aryl methyl sites for hydroxylation is 1. The molecule has 1 rings (SSSR count). The Kier molecular flexibility index (Phi) is 15.9. The fourth-order valence-corrected chi connectivity index (χ4v) is 3.92. The number of hydrogen-bond donors (Lipinski definition) is 1. The second kappa shape index (κ2) is 18.2. The summed E-state index contributed by atoms with van der Waals surface area (Å²) in [5.74, 6) is 0.314. The zero-order valence-corrected chi connectivity index (χ0v) is 21.4. The van der Waals surface area contributed by atoms with E-state index in [9.17, 15) is 4.79 Å². The first-order valence-corrected chi connectivity index (χ1v) is 12.7. The number of likely N-dealkylation sites (N-methyl/N-ethyl adjacent to an activating group) is 2. The maximum atomic E-state index is 10.6. The molecular weight excluding hydrogens is 412 g/mol. The molecule has 0 aromatic heterocycles. The lowest BCUT2D eigenvalue weighted by Gasteiger charge is -2.27. The van der Waals surface area contributed by atoms with Crippen molar-refractivity contribution in [2.24, 2.45) is 0 Å². The Morgan fingerprint density at radius 1 is 1.00 bits per heavy atom. The van der Waals surface area contributed by atoms with E-state index in [1.54, 1.807) is 0 Å². The number of nitrogens with zero attached hydrogens (tertiary/aromatic N) is 2. The van der Waals surface area contributed by atoms with E-state index in [-0.39, 0.29) is 6.42 Å². The van der Waals surface area contributed by atoms with Gasteiger partial charge in [-0.3, -0.25) is 4.79 Å². The van der Waals surface area contributed by atoms with Crippen molar-refractivity contribution in [2.75, 3.05) is 39.8 Å². The molecule has 186 valence electrons. The SMILES string of the molecule is C/C=C\C(=C/C)N(CC)CCN(C)CCCOc1ccccc1CCCCCCCC(=O)O. The van der Waals surface area contributed by atoms with Gasteiger partial charge in [-0.1, -0.05) is 49.6 Å². The average molecular weight is 459 g/mol. The Labute approximate surface area is 202 Å². The number of carboxylic acid groups (broad SMARTS) is 1. The van der Waals surface area contributed by atoms with Crippen LogP contribution in [0.15, 0.2) is 48.2 Å². The third kappa shape index (κ3) is 13.1. The molecule has 0 spiro atoms. The Balaban J connectivity index is 2.29. The standard InChI is InChI=1S/C28H46N2O3/c1-5-16-26(6-2)30(7-3)23-22-29(4)21-15-24-33-27-19-14-13-18-25(27)17-11-9-8-10-12-20-28(31)32/h5-6,13-14,16,18-19H,7-12,15,17,20-24H2,1-4H3,(H,31,32)/b16-5-,26-6+. The molecule has 1 aromatic carbocycles. The van der Waals surface area contributed by atoms with Crippen molar-refractivity contribution in [3.05, 3.63) is 53.8 Å². The highest BCUT2D eigenvalue weighted by atomic mass is 16.5. The number of hydrogen-bond acceptors (Lipinski definition) is 4. The first kappa shape index (κ1) is 28.8. The van der Waals surface area contributed by atoms with Crippen molar-refractivity contribution in [1.29, 1.82) is 0 Å². The van der Waals surface area contributed by atoms with Gasteiger partial charge in [0.05, 0.1) is 6.61 Å². The molecule has 5 heteroatoms. The lowest BCUT2D eigenvalue weighted by atomic mass is 10.0. The summed E-state index contributed by atoms with van der Waals surface area (Å²) in [6.07, 6.45) is 13.9. The van der Waals surface area contributed by atoms with Crippen LogP contribution in [0.4, 0.5) is 0 Å². The minimum atomic E-state index is -0.692. The molecule has 33 heavy (non-hydrogen) atoms. The van der Waals surface area contributed by atoms with E-state index in [0.29, 0.717) is 0 Å². The van der Waals surface area contributed by atoms with Gasteiger partial charge in [0.25, 0.3) is 0 Å². The van der Waals surface area contributed by atoms with Crippen LogP contribution in [0.5, 0.6) is 5.75 Å². The van der Waals surface area contributed by atoms with E-state index in [0.717, 1.165) is 83.5 Å². The molecule has 0 radical (unpaired) electrons. The van der Waals surface area contributed by atoms with Crippen molar-refractivity contribution < 1.29 is 14.6 Å². The third-order valence-electron chi connectivity index (χ3n) is 5.88. The van der Waals surface area contributed by atoms with Gasteiger partial charge in [0.15, 0.2) is 0 Å². The summed E-state index contributed by atoms with van der Waals surface area (Å²) in [5, 5.41) is 8.70. The largest absolute Gasteiger partial charge is 0.493 e. The van der Waals surface area contributed by atoms with Crippen molar-refractivity contribution in [1.82, 2.24) is 9.80 Å². The Bertz CT molecular complexity index is 715. The number of benzene rings is 1. The topological polar surface area (TPSA) is 53.0 Å². The average Bonchev–Trinajstić information content (AvgIpc) is 2.81. The Morgan fingerprint density at radius 2 is 1.73 bits per heavy atom. The van der Waals surface area contributed by atoms with Crippen LogP contribution in [-0.4, -0.2) is 60.7 Å². The maximum Gasteiger partial charge on any atom is 0.303 e. The van der Waals surface area contributed by atoms with E-state index in [1.165, 1.54) is 11.3 Å². The van der Waals surface area contributed by atoms with Crippen LogP contribution in [0, 0.1) is 0 Å². The van der Waals surface area contributed by atoms with Crippen LogP contribution in [-0.2, 0) is 11.2 Å². The van der Waals surface area contributed by atoms with Gasteiger partial charge in [-0.25, -0.2) is 0 Å². The summed E-state index contributed by atoms with van der Waals surface area (Å²) in [5.41, 5.74) is 2.56. The summed E-state index contributed by atoms with van der Waals surface area (Å²) in [7, 11) is 2.18. The molecule has 0 saturated heterocycles. The first-order chi connectivity index (χ1) is 16.0. The summed E-state index contributed by atoms with van der Waals surface area (Å²) in [6.45, 7) is 11.2. The molecule has 0 aliphatic heterocycles. The molecule has 0 amide bonds. The van der Waals surface area contributed by atoms with Crippen molar-refractivity contribution >= 4 is 5.97 Å². The normalized spacial score (nSPS) is 12.0. The third-order valence-corrected chi connectivity index (χ3v) is 5.88. The summed E-state index contributed by atoms with van der Waals surface area (Å²) in [6, 6.07) is 8.36. The number of carboxylic acids is 1. The molecule has 0 saturated carbocycles. The zero-order chi connectivity index (χ0) is 24.3. The van der Waals surface area contributed by atoms with Gasteiger partial charge in [-0.05, 0) is 71.2 Å². The van der Waals surface area contributed by atoms with Gasteiger partial charge < -0.3 is 19.6 Å².